The summed E-state index contributed by atoms with van der Waals surface area (Å²) in [6.45, 7) is 0.424. The number of benzene rings is 2. The lowest BCUT2D eigenvalue weighted by Crippen LogP contribution is -2.25. The maximum Gasteiger partial charge on any atom is 0.255 e. The van der Waals surface area contributed by atoms with Crippen molar-refractivity contribution in [3.05, 3.63) is 57.0 Å². The monoisotopic (exact) mass is 418 g/mol. The molecule has 0 unspecified atom stereocenters. The van der Waals surface area contributed by atoms with Gasteiger partial charge in [0, 0.05) is 12.1 Å². The van der Waals surface area contributed by atoms with Crippen molar-refractivity contribution in [3.8, 4) is 0 Å². The van der Waals surface area contributed by atoms with Gasteiger partial charge in [-0.15, -0.1) is 0 Å². The third kappa shape index (κ3) is 3.87. The van der Waals surface area contributed by atoms with Crippen LogP contribution in [0, 0.1) is 0 Å². The summed E-state index contributed by atoms with van der Waals surface area (Å²) >= 11 is 18.0. The molecule has 0 radical (unpaired) electrons. The van der Waals surface area contributed by atoms with E-state index in [4.69, 9.17) is 34.8 Å². The Bertz CT molecular complexity index is 948. The van der Waals surface area contributed by atoms with Crippen LogP contribution in [0.15, 0.2) is 36.4 Å². The smallest absolute Gasteiger partial charge is 0.255 e. The maximum atomic E-state index is 12.3. The van der Waals surface area contributed by atoms with E-state index in [1.165, 1.54) is 22.5 Å². The highest BCUT2D eigenvalue weighted by atomic mass is 35.5. The van der Waals surface area contributed by atoms with Crippen LogP contribution in [0.3, 0.4) is 0 Å². The Labute approximate surface area is 160 Å². The Hall–Kier alpha value is -1.47. The summed E-state index contributed by atoms with van der Waals surface area (Å²) in [6, 6.07) is 9.23. The van der Waals surface area contributed by atoms with Crippen LogP contribution in [0.5, 0.6) is 0 Å². The van der Waals surface area contributed by atoms with Crippen molar-refractivity contribution >= 4 is 62.1 Å². The molecule has 0 bridgehead atoms. The maximum absolute atomic E-state index is 12.3. The molecule has 2 aromatic carbocycles. The zero-order chi connectivity index (χ0) is 18.2. The van der Waals surface area contributed by atoms with Gasteiger partial charge in [0.2, 0.25) is 10.0 Å². The number of halogens is 3. The van der Waals surface area contributed by atoms with Crippen molar-refractivity contribution in [2.24, 2.45) is 0 Å². The molecule has 9 heteroatoms. The van der Waals surface area contributed by atoms with Crippen LogP contribution in [0.2, 0.25) is 15.1 Å². The first-order valence-corrected chi connectivity index (χ1v) is 10.1. The van der Waals surface area contributed by atoms with Gasteiger partial charge < -0.3 is 5.32 Å². The predicted molar refractivity (Wildman–Crippen MR) is 102 cm³/mol. The van der Waals surface area contributed by atoms with Crippen LogP contribution in [0.1, 0.15) is 16.8 Å². The van der Waals surface area contributed by atoms with E-state index in [1.807, 2.05) is 0 Å². The van der Waals surface area contributed by atoms with Crippen LogP contribution in [-0.4, -0.2) is 26.6 Å². The molecule has 25 heavy (non-hydrogen) atoms. The predicted octanol–water partition coefficient (Wildman–Crippen LogP) is 4.44. The van der Waals surface area contributed by atoms with E-state index in [1.54, 1.807) is 18.2 Å². The second kappa shape index (κ2) is 7.03. The molecular weight excluding hydrogens is 407 g/mol. The summed E-state index contributed by atoms with van der Waals surface area (Å²) in [5.74, 6) is -0.275. The second-order valence-corrected chi connectivity index (χ2v) is 8.72. The number of carbonyl (C=O) groups excluding carboxylic acids is 1. The number of carbonyl (C=O) groups is 1. The van der Waals surface area contributed by atoms with E-state index in [9.17, 15) is 13.2 Å². The number of nitrogens with one attached hydrogen (secondary N) is 1. The fourth-order valence-electron chi connectivity index (χ4n) is 2.52. The SMILES string of the molecule is O=C(Nc1ccc(N2CCCS2(=O)=O)cc1Cl)c1ccc(Cl)c(Cl)c1. The Balaban J connectivity index is 1.81. The number of nitrogens with zero attached hydrogens (tertiary/aromatic N) is 1. The fourth-order valence-corrected chi connectivity index (χ4v) is 4.60. The summed E-state index contributed by atoms with van der Waals surface area (Å²) < 4.78 is 25.3. The number of hydrogen-bond acceptors (Lipinski definition) is 3. The van der Waals surface area contributed by atoms with Crippen LogP contribution in [-0.2, 0) is 10.0 Å². The van der Waals surface area contributed by atoms with Gasteiger partial charge in [-0.05, 0) is 42.8 Å². The molecule has 0 aliphatic carbocycles. The molecule has 1 amide bonds. The number of hydrogen-bond donors (Lipinski definition) is 1. The first-order chi connectivity index (χ1) is 11.8. The minimum Gasteiger partial charge on any atom is -0.321 e. The van der Waals surface area contributed by atoms with Crippen molar-refractivity contribution in [2.45, 2.75) is 6.42 Å². The molecule has 0 aromatic heterocycles. The molecule has 0 atom stereocenters. The van der Waals surface area contributed by atoms with Crippen molar-refractivity contribution in [1.29, 1.82) is 0 Å². The quantitative estimate of drug-likeness (QED) is 0.800. The molecule has 132 valence electrons. The fraction of sp³-hybridized carbons (Fsp3) is 0.188. The van der Waals surface area contributed by atoms with E-state index in [2.05, 4.69) is 5.32 Å². The Morgan fingerprint density at radius 2 is 1.76 bits per heavy atom. The molecule has 1 aliphatic rings. The van der Waals surface area contributed by atoms with Gasteiger partial charge in [-0.2, -0.15) is 0 Å². The van der Waals surface area contributed by atoms with Crippen molar-refractivity contribution < 1.29 is 13.2 Å². The summed E-state index contributed by atoms with van der Waals surface area (Å²) in [4.78, 5) is 12.3. The number of rotatable bonds is 3. The molecule has 1 fully saturated rings. The average molecular weight is 420 g/mol. The Morgan fingerprint density at radius 3 is 2.36 bits per heavy atom. The minimum atomic E-state index is -3.28. The lowest BCUT2D eigenvalue weighted by molar-refractivity contribution is 0.102. The van der Waals surface area contributed by atoms with Gasteiger partial charge in [0.15, 0.2) is 0 Å². The van der Waals surface area contributed by atoms with Gasteiger partial charge in [-0.3, -0.25) is 9.10 Å². The normalized spacial score (nSPS) is 16.0. The van der Waals surface area contributed by atoms with E-state index < -0.39 is 15.9 Å². The van der Waals surface area contributed by atoms with Gasteiger partial charge >= 0.3 is 0 Å². The Kier molecular flexibility index (Phi) is 5.16. The highest BCUT2D eigenvalue weighted by Gasteiger charge is 2.28. The van der Waals surface area contributed by atoms with Crippen molar-refractivity contribution in [1.82, 2.24) is 0 Å². The molecule has 0 spiro atoms. The zero-order valence-electron chi connectivity index (χ0n) is 12.8. The van der Waals surface area contributed by atoms with Crippen LogP contribution in [0.25, 0.3) is 0 Å². The van der Waals surface area contributed by atoms with Crippen LogP contribution >= 0.6 is 34.8 Å². The minimum absolute atomic E-state index is 0.125. The van der Waals surface area contributed by atoms with Gasteiger partial charge in [0.1, 0.15) is 0 Å². The molecule has 3 rings (SSSR count). The second-order valence-electron chi connectivity index (χ2n) is 5.49. The Morgan fingerprint density at radius 1 is 1.00 bits per heavy atom. The van der Waals surface area contributed by atoms with E-state index >= 15 is 0 Å². The standard InChI is InChI=1S/C16H13Cl3N2O3S/c17-12-4-2-10(8-13(12)18)16(22)20-15-5-3-11(9-14(15)19)21-6-1-7-25(21,23)24/h2-5,8-9H,1,6-7H2,(H,20,22). The summed E-state index contributed by atoms with van der Waals surface area (Å²) in [5, 5.41) is 3.54. The number of sulfonamides is 1. The highest BCUT2D eigenvalue weighted by Crippen LogP contribution is 2.31. The van der Waals surface area contributed by atoms with Crippen molar-refractivity contribution in [2.75, 3.05) is 21.9 Å². The summed E-state index contributed by atoms with van der Waals surface area (Å²) in [5.41, 5.74) is 1.18. The lowest BCUT2D eigenvalue weighted by Gasteiger charge is -2.18. The molecule has 1 aliphatic heterocycles. The first-order valence-electron chi connectivity index (χ1n) is 7.34. The largest absolute Gasteiger partial charge is 0.321 e. The topological polar surface area (TPSA) is 66.5 Å². The zero-order valence-corrected chi connectivity index (χ0v) is 15.9. The third-order valence-electron chi connectivity index (χ3n) is 3.77. The summed E-state index contributed by atoms with van der Waals surface area (Å²) in [7, 11) is -3.28. The van der Waals surface area contributed by atoms with Gasteiger partial charge in [0.05, 0.1) is 32.2 Å². The molecule has 1 N–H and O–H groups in total. The molecule has 1 saturated heterocycles. The summed E-state index contributed by atoms with van der Waals surface area (Å²) in [6.07, 6.45) is 0.579. The number of anilines is 2. The van der Waals surface area contributed by atoms with E-state index in [0.29, 0.717) is 34.9 Å². The molecule has 1 heterocycles. The van der Waals surface area contributed by atoms with Crippen LogP contribution in [0.4, 0.5) is 11.4 Å². The van der Waals surface area contributed by atoms with Gasteiger partial charge in [0.25, 0.3) is 5.91 Å². The number of amides is 1. The first kappa shape index (κ1) is 18.3. The molecular formula is C16H13Cl3N2O3S. The van der Waals surface area contributed by atoms with Gasteiger partial charge in [-0.25, -0.2) is 8.42 Å². The molecule has 5 nitrogen and oxygen atoms in total. The lowest BCUT2D eigenvalue weighted by atomic mass is 10.2. The third-order valence-corrected chi connectivity index (χ3v) is 6.69. The molecule has 2 aromatic rings. The van der Waals surface area contributed by atoms with E-state index in [-0.39, 0.29) is 15.8 Å². The molecule has 0 saturated carbocycles. The highest BCUT2D eigenvalue weighted by molar-refractivity contribution is 7.93. The van der Waals surface area contributed by atoms with Gasteiger partial charge in [-0.1, -0.05) is 34.8 Å². The van der Waals surface area contributed by atoms with Crippen LogP contribution < -0.4 is 9.62 Å². The average Bonchev–Trinajstić information content (AvgIpc) is 2.91. The van der Waals surface area contributed by atoms with Crippen molar-refractivity contribution in [3.63, 3.8) is 0 Å². The van der Waals surface area contributed by atoms with E-state index in [0.717, 1.165) is 0 Å².